The van der Waals surface area contributed by atoms with Crippen LogP contribution in [0.15, 0.2) is 36.5 Å². The Morgan fingerprint density at radius 3 is 2.57 bits per heavy atom. The molecular weight excluding hydrogens is 286 g/mol. The lowest BCUT2D eigenvalue weighted by Gasteiger charge is -2.15. The zero-order valence-electron chi connectivity index (χ0n) is 11.2. The van der Waals surface area contributed by atoms with Gasteiger partial charge in [-0.2, -0.15) is 13.2 Å². The molecule has 0 aliphatic heterocycles. The number of aliphatic hydroxyl groups excluding tert-OH is 1. The summed E-state index contributed by atoms with van der Waals surface area (Å²) in [6.45, 7) is 1.76. The minimum absolute atomic E-state index is 0.0507. The van der Waals surface area contributed by atoms with Gasteiger partial charge in [0.15, 0.2) is 0 Å². The summed E-state index contributed by atoms with van der Waals surface area (Å²) in [5, 5.41) is 10.0. The van der Waals surface area contributed by atoms with Gasteiger partial charge in [0, 0.05) is 23.9 Å². The van der Waals surface area contributed by atoms with E-state index in [-0.39, 0.29) is 12.0 Å². The molecule has 0 saturated carbocycles. The summed E-state index contributed by atoms with van der Waals surface area (Å²) >= 11 is 0. The Hall–Kier alpha value is -1.95. The van der Waals surface area contributed by atoms with Crippen molar-refractivity contribution in [3.63, 3.8) is 0 Å². The summed E-state index contributed by atoms with van der Waals surface area (Å²) in [6, 6.07) is 5.47. The molecule has 1 atom stereocenters. The number of aliphatic hydroxyl groups is 1. The van der Waals surface area contributed by atoms with Crippen LogP contribution < -0.4 is 0 Å². The molecule has 0 fully saturated rings. The van der Waals surface area contributed by atoms with Crippen LogP contribution in [0.25, 0.3) is 0 Å². The van der Waals surface area contributed by atoms with Gasteiger partial charge in [-0.3, -0.25) is 4.98 Å². The highest BCUT2D eigenvalue weighted by molar-refractivity contribution is 5.30. The van der Waals surface area contributed by atoms with Crippen LogP contribution in [-0.4, -0.2) is 10.1 Å². The standard InChI is InChI=1S/C15H13F4NO/c1-9-3-2-6-20-13(9)8-14(21)11-7-10(15(17,18)19)4-5-12(11)16/h2-7,14,21H,8H2,1H3. The Bertz CT molecular complexity index is 640. The lowest BCUT2D eigenvalue weighted by Crippen LogP contribution is -2.11. The van der Waals surface area contributed by atoms with Crippen LogP contribution in [0.1, 0.15) is 28.5 Å². The molecule has 0 aliphatic rings. The molecule has 0 radical (unpaired) electrons. The van der Waals surface area contributed by atoms with E-state index in [0.717, 1.165) is 5.56 Å². The number of benzene rings is 1. The molecule has 2 nitrogen and oxygen atoms in total. The minimum atomic E-state index is -4.58. The molecule has 0 saturated heterocycles. The Balaban J connectivity index is 2.31. The van der Waals surface area contributed by atoms with Gasteiger partial charge in [-0.25, -0.2) is 4.39 Å². The van der Waals surface area contributed by atoms with Crippen LogP contribution in [0.2, 0.25) is 0 Å². The van der Waals surface area contributed by atoms with E-state index in [2.05, 4.69) is 4.98 Å². The third kappa shape index (κ3) is 3.58. The molecule has 112 valence electrons. The molecule has 2 rings (SSSR count). The Kier molecular flexibility index (Phi) is 4.27. The number of rotatable bonds is 3. The number of halogens is 4. The van der Waals surface area contributed by atoms with Crippen molar-refractivity contribution < 1.29 is 22.7 Å². The molecule has 21 heavy (non-hydrogen) atoms. The van der Waals surface area contributed by atoms with Crippen molar-refractivity contribution in [1.29, 1.82) is 0 Å². The number of nitrogens with zero attached hydrogens (tertiary/aromatic N) is 1. The van der Waals surface area contributed by atoms with Crippen molar-refractivity contribution in [3.8, 4) is 0 Å². The monoisotopic (exact) mass is 299 g/mol. The molecule has 0 amide bonds. The third-order valence-corrected chi connectivity index (χ3v) is 3.19. The SMILES string of the molecule is Cc1cccnc1CC(O)c1cc(C(F)(F)F)ccc1F. The number of hydrogen-bond donors (Lipinski definition) is 1. The van der Waals surface area contributed by atoms with Crippen LogP contribution in [0.4, 0.5) is 17.6 Å². The maximum absolute atomic E-state index is 13.7. The molecule has 1 unspecified atom stereocenters. The summed E-state index contributed by atoms with van der Waals surface area (Å²) in [4.78, 5) is 4.04. The van der Waals surface area contributed by atoms with Crippen molar-refractivity contribution >= 4 is 0 Å². The summed E-state index contributed by atoms with van der Waals surface area (Å²) in [5.41, 5.74) is -0.0729. The van der Waals surface area contributed by atoms with Gasteiger partial charge in [0.25, 0.3) is 0 Å². The van der Waals surface area contributed by atoms with Crippen LogP contribution in [0.3, 0.4) is 0 Å². The maximum atomic E-state index is 13.7. The summed E-state index contributed by atoms with van der Waals surface area (Å²) in [5.74, 6) is -0.871. The number of aryl methyl sites for hydroxylation is 1. The van der Waals surface area contributed by atoms with Gasteiger partial charge in [-0.1, -0.05) is 6.07 Å². The predicted octanol–water partition coefficient (Wildman–Crippen LogP) is 3.82. The number of alkyl halides is 3. The second-order valence-corrected chi connectivity index (χ2v) is 4.72. The molecule has 1 heterocycles. The van der Waals surface area contributed by atoms with E-state index in [1.54, 1.807) is 19.1 Å². The first-order chi connectivity index (χ1) is 9.79. The zero-order chi connectivity index (χ0) is 15.6. The van der Waals surface area contributed by atoms with Crippen LogP contribution in [0, 0.1) is 12.7 Å². The van der Waals surface area contributed by atoms with Crippen molar-refractivity contribution in [2.75, 3.05) is 0 Å². The van der Waals surface area contributed by atoms with Gasteiger partial charge >= 0.3 is 6.18 Å². The second kappa shape index (κ2) is 5.81. The highest BCUT2D eigenvalue weighted by Gasteiger charge is 2.32. The van der Waals surface area contributed by atoms with E-state index < -0.39 is 23.7 Å². The topological polar surface area (TPSA) is 33.1 Å². The fourth-order valence-electron chi connectivity index (χ4n) is 2.00. The fourth-order valence-corrected chi connectivity index (χ4v) is 2.00. The number of hydrogen-bond acceptors (Lipinski definition) is 2. The Labute approximate surface area is 119 Å². The largest absolute Gasteiger partial charge is 0.416 e. The highest BCUT2D eigenvalue weighted by atomic mass is 19.4. The lowest BCUT2D eigenvalue weighted by molar-refractivity contribution is -0.137. The van der Waals surface area contributed by atoms with Gasteiger partial charge in [-0.15, -0.1) is 0 Å². The minimum Gasteiger partial charge on any atom is -0.388 e. The predicted molar refractivity (Wildman–Crippen MR) is 69.0 cm³/mol. The maximum Gasteiger partial charge on any atom is 0.416 e. The molecule has 1 N–H and O–H groups in total. The summed E-state index contributed by atoms with van der Waals surface area (Å²) in [7, 11) is 0. The van der Waals surface area contributed by atoms with E-state index in [9.17, 15) is 22.7 Å². The highest BCUT2D eigenvalue weighted by Crippen LogP contribution is 2.32. The van der Waals surface area contributed by atoms with Crippen LogP contribution in [0.5, 0.6) is 0 Å². The molecule has 0 bridgehead atoms. The van der Waals surface area contributed by atoms with Crippen LogP contribution in [-0.2, 0) is 12.6 Å². The van der Waals surface area contributed by atoms with E-state index >= 15 is 0 Å². The van der Waals surface area contributed by atoms with Crippen LogP contribution >= 0.6 is 0 Å². The Morgan fingerprint density at radius 2 is 1.95 bits per heavy atom. The average molecular weight is 299 g/mol. The Morgan fingerprint density at radius 1 is 1.24 bits per heavy atom. The van der Waals surface area contributed by atoms with Gasteiger partial charge in [0.05, 0.1) is 11.7 Å². The first-order valence-corrected chi connectivity index (χ1v) is 6.24. The third-order valence-electron chi connectivity index (χ3n) is 3.19. The first kappa shape index (κ1) is 15.4. The summed E-state index contributed by atoms with van der Waals surface area (Å²) < 4.78 is 51.6. The molecule has 6 heteroatoms. The van der Waals surface area contributed by atoms with E-state index in [1.807, 2.05) is 0 Å². The van der Waals surface area contributed by atoms with E-state index in [0.29, 0.717) is 23.9 Å². The normalized spacial score (nSPS) is 13.2. The molecule has 0 aliphatic carbocycles. The first-order valence-electron chi connectivity index (χ1n) is 6.24. The molecular formula is C15H13F4NO. The van der Waals surface area contributed by atoms with Gasteiger partial charge in [0.2, 0.25) is 0 Å². The smallest absolute Gasteiger partial charge is 0.388 e. The molecule has 0 spiro atoms. The van der Waals surface area contributed by atoms with Crippen molar-refractivity contribution in [2.45, 2.75) is 25.6 Å². The van der Waals surface area contributed by atoms with Crippen molar-refractivity contribution in [3.05, 3.63) is 64.7 Å². The molecule has 1 aromatic heterocycles. The lowest BCUT2D eigenvalue weighted by atomic mass is 9.99. The van der Waals surface area contributed by atoms with Gasteiger partial charge in [-0.05, 0) is 36.8 Å². The fraction of sp³-hybridized carbons (Fsp3) is 0.267. The second-order valence-electron chi connectivity index (χ2n) is 4.72. The van der Waals surface area contributed by atoms with E-state index in [4.69, 9.17) is 0 Å². The number of aromatic nitrogens is 1. The van der Waals surface area contributed by atoms with Gasteiger partial charge < -0.3 is 5.11 Å². The van der Waals surface area contributed by atoms with Gasteiger partial charge in [0.1, 0.15) is 5.82 Å². The summed E-state index contributed by atoms with van der Waals surface area (Å²) in [6.07, 6.45) is -4.51. The number of pyridine rings is 1. The molecule has 1 aromatic carbocycles. The molecule has 2 aromatic rings. The van der Waals surface area contributed by atoms with Crippen molar-refractivity contribution in [2.24, 2.45) is 0 Å². The zero-order valence-corrected chi connectivity index (χ0v) is 11.2. The average Bonchev–Trinajstić information content (AvgIpc) is 2.40. The van der Waals surface area contributed by atoms with Crippen molar-refractivity contribution in [1.82, 2.24) is 4.98 Å². The van der Waals surface area contributed by atoms with E-state index in [1.165, 1.54) is 6.20 Å². The quantitative estimate of drug-likeness (QED) is 0.874.